The van der Waals surface area contributed by atoms with Crippen molar-refractivity contribution < 1.29 is 9.53 Å². The summed E-state index contributed by atoms with van der Waals surface area (Å²) in [6, 6.07) is 9.62. The minimum absolute atomic E-state index is 0.0313. The van der Waals surface area contributed by atoms with Gasteiger partial charge >= 0.3 is 0 Å². The molecule has 1 aromatic carbocycles. The lowest BCUT2D eigenvalue weighted by molar-refractivity contribution is 0.0787. The number of hydrogen-bond acceptors (Lipinski definition) is 4. The average molecular weight is 311 g/mol. The van der Waals surface area contributed by atoms with Crippen molar-refractivity contribution in [1.82, 2.24) is 9.88 Å². The van der Waals surface area contributed by atoms with Crippen LogP contribution in [0.25, 0.3) is 11.1 Å². The van der Waals surface area contributed by atoms with E-state index < -0.39 is 0 Å². The zero-order valence-electron chi connectivity index (χ0n) is 13.2. The number of methoxy groups -OCH3 is 1. The first-order chi connectivity index (χ1) is 11.2. The average Bonchev–Trinajstić information content (AvgIpc) is 3.10. The SMILES string of the molecule is COc1ccc(-c2cncc(C(=O)N3CC[C@H](CN)C3)c2)cc1. The first-order valence-corrected chi connectivity index (χ1v) is 7.80. The molecule has 1 atom stereocenters. The number of aromatic nitrogens is 1. The van der Waals surface area contributed by atoms with Crippen molar-refractivity contribution in [3.63, 3.8) is 0 Å². The molecule has 5 heteroatoms. The third kappa shape index (κ3) is 3.35. The third-order valence-electron chi connectivity index (χ3n) is 4.31. The van der Waals surface area contributed by atoms with Crippen LogP contribution in [0, 0.1) is 5.92 Å². The largest absolute Gasteiger partial charge is 0.497 e. The van der Waals surface area contributed by atoms with Gasteiger partial charge in [-0.1, -0.05) is 12.1 Å². The second kappa shape index (κ2) is 6.79. The lowest BCUT2D eigenvalue weighted by Gasteiger charge is -2.16. The van der Waals surface area contributed by atoms with Gasteiger partial charge in [0, 0.05) is 31.0 Å². The minimum atomic E-state index is 0.0313. The zero-order chi connectivity index (χ0) is 16.2. The predicted octanol–water partition coefficient (Wildman–Crippen LogP) is 2.18. The summed E-state index contributed by atoms with van der Waals surface area (Å²) in [5.41, 5.74) is 8.25. The van der Waals surface area contributed by atoms with Crippen molar-refractivity contribution in [2.24, 2.45) is 11.7 Å². The second-order valence-corrected chi connectivity index (χ2v) is 5.83. The van der Waals surface area contributed by atoms with Crippen molar-refractivity contribution in [3.05, 3.63) is 48.3 Å². The van der Waals surface area contributed by atoms with E-state index in [1.807, 2.05) is 35.2 Å². The van der Waals surface area contributed by atoms with Crippen LogP contribution in [-0.4, -0.2) is 42.5 Å². The van der Waals surface area contributed by atoms with E-state index in [9.17, 15) is 4.79 Å². The molecule has 0 unspecified atom stereocenters. The summed E-state index contributed by atoms with van der Waals surface area (Å²) in [6.07, 6.45) is 4.38. The summed E-state index contributed by atoms with van der Waals surface area (Å²) in [5.74, 6) is 1.25. The Morgan fingerprint density at radius 3 is 2.74 bits per heavy atom. The topological polar surface area (TPSA) is 68.5 Å². The van der Waals surface area contributed by atoms with Crippen LogP contribution in [0.5, 0.6) is 5.75 Å². The Labute approximate surface area is 136 Å². The Morgan fingerprint density at radius 2 is 2.09 bits per heavy atom. The molecule has 1 amide bonds. The zero-order valence-corrected chi connectivity index (χ0v) is 13.2. The summed E-state index contributed by atoms with van der Waals surface area (Å²) < 4.78 is 5.17. The van der Waals surface area contributed by atoms with Gasteiger partial charge in [-0.05, 0) is 42.6 Å². The number of hydrogen-bond donors (Lipinski definition) is 1. The van der Waals surface area contributed by atoms with Crippen LogP contribution >= 0.6 is 0 Å². The van der Waals surface area contributed by atoms with Crippen molar-refractivity contribution in [2.45, 2.75) is 6.42 Å². The van der Waals surface area contributed by atoms with Crippen LogP contribution in [0.2, 0.25) is 0 Å². The number of carbonyl (C=O) groups excluding carboxylic acids is 1. The van der Waals surface area contributed by atoms with Crippen LogP contribution in [0.4, 0.5) is 0 Å². The molecule has 0 aliphatic carbocycles. The highest BCUT2D eigenvalue weighted by atomic mass is 16.5. The highest BCUT2D eigenvalue weighted by molar-refractivity contribution is 5.95. The number of benzene rings is 1. The molecule has 5 nitrogen and oxygen atoms in total. The van der Waals surface area contributed by atoms with Gasteiger partial charge in [-0.2, -0.15) is 0 Å². The van der Waals surface area contributed by atoms with Gasteiger partial charge in [-0.15, -0.1) is 0 Å². The fourth-order valence-corrected chi connectivity index (χ4v) is 2.89. The van der Waals surface area contributed by atoms with Gasteiger partial charge in [0.2, 0.25) is 0 Å². The van der Waals surface area contributed by atoms with Crippen LogP contribution in [0.3, 0.4) is 0 Å². The number of nitrogens with two attached hydrogens (primary N) is 1. The predicted molar refractivity (Wildman–Crippen MR) is 89.3 cm³/mol. The quantitative estimate of drug-likeness (QED) is 0.939. The third-order valence-corrected chi connectivity index (χ3v) is 4.31. The molecule has 0 saturated carbocycles. The van der Waals surface area contributed by atoms with Gasteiger partial charge in [-0.3, -0.25) is 9.78 Å². The van der Waals surface area contributed by atoms with Gasteiger partial charge in [0.15, 0.2) is 0 Å². The molecule has 0 spiro atoms. The Morgan fingerprint density at radius 1 is 1.30 bits per heavy atom. The van der Waals surface area contributed by atoms with Crippen molar-refractivity contribution in [3.8, 4) is 16.9 Å². The second-order valence-electron chi connectivity index (χ2n) is 5.83. The number of pyridine rings is 1. The minimum Gasteiger partial charge on any atom is -0.497 e. The Bertz CT molecular complexity index is 685. The molecule has 1 fully saturated rings. The number of amides is 1. The molecule has 1 saturated heterocycles. The molecular formula is C18H21N3O2. The fourth-order valence-electron chi connectivity index (χ4n) is 2.89. The lowest BCUT2D eigenvalue weighted by atomic mass is 10.1. The van der Waals surface area contributed by atoms with Gasteiger partial charge in [0.1, 0.15) is 5.75 Å². The Hall–Kier alpha value is -2.40. The van der Waals surface area contributed by atoms with E-state index in [1.165, 1.54) is 0 Å². The van der Waals surface area contributed by atoms with E-state index in [1.54, 1.807) is 19.5 Å². The molecule has 0 radical (unpaired) electrons. The van der Waals surface area contributed by atoms with Gasteiger partial charge in [0.25, 0.3) is 5.91 Å². The number of likely N-dealkylation sites (tertiary alicyclic amines) is 1. The summed E-state index contributed by atoms with van der Waals surface area (Å²) in [7, 11) is 1.64. The van der Waals surface area contributed by atoms with Crippen LogP contribution in [-0.2, 0) is 0 Å². The number of nitrogens with zero attached hydrogens (tertiary/aromatic N) is 2. The number of rotatable bonds is 4. The summed E-state index contributed by atoms with van der Waals surface area (Å²) >= 11 is 0. The van der Waals surface area contributed by atoms with Crippen LogP contribution in [0.1, 0.15) is 16.8 Å². The number of carbonyl (C=O) groups is 1. The Kier molecular flexibility index (Phi) is 4.57. The van der Waals surface area contributed by atoms with Crippen molar-refractivity contribution in [2.75, 3.05) is 26.7 Å². The molecule has 1 aliphatic rings. The van der Waals surface area contributed by atoms with Crippen LogP contribution in [0.15, 0.2) is 42.7 Å². The van der Waals surface area contributed by atoms with E-state index in [2.05, 4.69) is 4.98 Å². The van der Waals surface area contributed by atoms with Gasteiger partial charge < -0.3 is 15.4 Å². The maximum Gasteiger partial charge on any atom is 0.255 e. The first-order valence-electron chi connectivity index (χ1n) is 7.80. The van der Waals surface area contributed by atoms with E-state index in [0.717, 1.165) is 36.4 Å². The molecule has 0 bridgehead atoms. The molecule has 2 N–H and O–H groups in total. The highest BCUT2D eigenvalue weighted by Gasteiger charge is 2.26. The highest BCUT2D eigenvalue weighted by Crippen LogP contribution is 2.24. The first kappa shape index (κ1) is 15.5. The van der Waals surface area contributed by atoms with Crippen molar-refractivity contribution in [1.29, 1.82) is 0 Å². The molecule has 2 aromatic rings. The number of ether oxygens (including phenoxy) is 1. The maximum atomic E-state index is 12.6. The van der Waals surface area contributed by atoms with E-state index in [0.29, 0.717) is 18.0 Å². The van der Waals surface area contributed by atoms with E-state index >= 15 is 0 Å². The van der Waals surface area contributed by atoms with E-state index in [-0.39, 0.29) is 5.91 Å². The fraction of sp³-hybridized carbons (Fsp3) is 0.333. The Balaban J connectivity index is 1.80. The maximum absolute atomic E-state index is 12.6. The molecule has 120 valence electrons. The lowest BCUT2D eigenvalue weighted by Crippen LogP contribution is -2.29. The molecule has 1 aromatic heterocycles. The monoisotopic (exact) mass is 311 g/mol. The summed E-state index contributed by atoms with van der Waals surface area (Å²) in [6.45, 7) is 2.14. The van der Waals surface area contributed by atoms with Crippen molar-refractivity contribution >= 4 is 5.91 Å². The normalized spacial score (nSPS) is 17.3. The standard InChI is InChI=1S/C18H21N3O2/c1-23-17-4-2-14(3-5-17)15-8-16(11-20-10-15)18(22)21-7-6-13(9-19)12-21/h2-5,8,10-11,13H,6-7,9,12,19H2,1H3/t13-/m1/s1. The molecular weight excluding hydrogens is 290 g/mol. The molecule has 2 heterocycles. The summed E-state index contributed by atoms with van der Waals surface area (Å²) in [4.78, 5) is 18.7. The molecule has 23 heavy (non-hydrogen) atoms. The smallest absolute Gasteiger partial charge is 0.255 e. The molecule has 1 aliphatic heterocycles. The van der Waals surface area contributed by atoms with Gasteiger partial charge in [-0.25, -0.2) is 0 Å². The van der Waals surface area contributed by atoms with Crippen LogP contribution < -0.4 is 10.5 Å². The van der Waals surface area contributed by atoms with Gasteiger partial charge in [0.05, 0.1) is 12.7 Å². The molecule has 3 rings (SSSR count). The summed E-state index contributed by atoms with van der Waals surface area (Å²) in [5, 5.41) is 0. The van der Waals surface area contributed by atoms with E-state index in [4.69, 9.17) is 10.5 Å².